The van der Waals surface area contributed by atoms with Gasteiger partial charge in [-0.25, -0.2) is 0 Å². The summed E-state index contributed by atoms with van der Waals surface area (Å²) in [5.41, 5.74) is 0. The molecule has 7 heavy (non-hydrogen) atoms. The lowest BCUT2D eigenvalue weighted by Crippen LogP contribution is -1.85. The SMILES string of the molecule is CS1=NC(=O)CC1. The molecule has 0 aliphatic carbocycles. The first-order valence-electron chi connectivity index (χ1n) is 2.16. The van der Waals surface area contributed by atoms with Gasteiger partial charge in [-0.3, -0.25) is 4.79 Å². The predicted octanol–water partition coefficient (Wildman–Crippen LogP) is 0.348. The fourth-order valence-corrected chi connectivity index (χ4v) is 1.50. The summed E-state index contributed by atoms with van der Waals surface area (Å²) < 4.78 is 3.78. The van der Waals surface area contributed by atoms with Crippen LogP contribution in [0.25, 0.3) is 0 Å². The van der Waals surface area contributed by atoms with E-state index in [-0.39, 0.29) is 16.6 Å². The summed E-state index contributed by atoms with van der Waals surface area (Å²) >= 11 is 0. The van der Waals surface area contributed by atoms with Gasteiger partial charge in [0.25, 0.3) is 5.91 Å². The first kappa shape index (κ1) is 4.97. The van der Waals surface area contributed by atoms with Crippen molar-refractivity contribution in [3.8, 4) is 0 Å². The summed E-state index contributed by atoms with van der Waals surface area (Å²) in [4.78, 5) is 10.3. The molecule has 1 aliphatic heterocycles. The maximum atomic E-state index is 10.3. The molecule has 0 aromatic heterocycles. The zero-order valence-electron chi connectivity index (χ0n) is 4.18. The van der Waals surface area contributed by atoms with E-state index < -0.39 is 0 Å². The molecule has 0 bridgehead atoms. The second-order valence-corrected chi connectivity index (χ2v) is 3.33. The Morgan fingerprint density at radius 3 is 2.71 bits per heavy atom. The average molecular weight is 117 g/mol. The van der Waals surface area contributed by atoms with Crippen molar-refractivity contribution in [2.24, 2.45) is 4.36 Å². The number of nitrogens with zero attached hydrogens (tertiary/aromatic N) is 1. The molecule has 1 atom stereocenters. The summed E-state index contributed by atoms with van der Waals surface area (Å²) in [7, 11) is 0.0725. The molecule has 1 heterocycles. The summed E-state index contributed by atoms with van der Waals surface area (Å²) in [6.07, 6.45) is 2.67. The van der Waals surface area contributed by atoms with Crippen LogP contribution in [0.3, 0.4) is 0 Å². The zero-order chi connectivity index (χ0) is 5.28. The first-order chi connectivity index (χ1) is 3.29. The third-order valence-corrected chi connectivity index (χ3v) is 2.18. The van der Waals surface area contributed by atoms with Gasteiger partial charge in [0, 0.05) is 12.2 Å². The van der Waals surface area contributed by atoms with Crippen LogP contribution in [-0.4, -0.2) is 17.9 Å². The summed E-state index contributed by atoms with van der Waals surface area (Å²) in [6, 6.07) is 0. The molecule has 2 nitrogen and oxygen atoms in total. The van der Waals surface area contributed by atoms with E-state index in [2.05, 4.69) is 4.36 Å². The van der Waals surface area contributed by atoms with Crippen molar-refractivity contribution < 1.29 is 4.79 Å². The van der Waals surface area contributed by atoms with Crippen LogP contribution in [0.5, 0.6) is 0 Å². The molecule has 0 N–H and O–H groups in total. The van der Waals surface area contributed by atoms with Gasteiger partial charge < -0.3 is 0 Å². The molecule has 40 valence electrons. The van der Waals surface area contributed by atoms with Crippen molar-refractivity contribution >= 4 is 16.6 Å². The minimum Gasteiger partial charge on any atom is -0.272 e. The van der Waals surface area contributed by atoms with Crippen molar-refractivity contribution in [3.63, 3.8) is 0 Å². The lowest BCUT2D eigenvalue weighted by Gasteiger charge is -1.78. The Balaban J connectivity index is 2.67. The van der Waals surface area contributed by atoms with E-state index in [0.717, 1.165) is 5.75 Å². The molecule has 1 amide bonds. The molecule has 3 heteroatoms. The maximum Gasteiger partial charge on any atom is 0.252 e. The third kappa shape index (κ3) is 1.09. The smallest absolute Gasteiger partial charge is 0.252 e. The van der Waals surface area contributed by atoms with Crippen LogP contribution in [0, 0.1) is 0 Å². The van der Waals surface area contributed by atoms with Crippen molar-refractivity contribution in [3.05, 3.63) is 0 Å². The molecule has 1 rings (SSSR count). The van der Waals surface area contributed by atoms with E-state index in [4.69, 9.17) is 0 Å². The number of hydrogen-bond donors (Lipinski definition) is 0. The summed E-state index contributed by atoms with van der Waals surface area (Å²) in [5, 5.41) is 0. The van der Waals surface area contributed by atoms with Gasteiger partial charge in [0.2, 0.25) is 0 Å². The number of rotatable bonds is 0. The Morgan fingerprint density at radius 1 is 1.86 bits per heavy atom. The number of carbonyl (C=O) groups excluding carboxylic acids is 1. The largest absolute Gasteiger partial charge is 0.272 e. The Hall–Kier alpha value is -0.180. The molecule has 0 spiro atoms. The van der Waals surface area contributed by atoms with E-state index in [1.54, 1.807) is 0 Å². The van der Waals surface area contributed by atoms with Crippen LogP contribution >= 0.6 is 0 Å². The highest BCUT2D eigenvalue weighted by Gasteiger charge is 2.06. The molecule has 0 fully saturated rings. The van der Waals surface area contributed by atoms with Crippen molar-refractivity contribution in [1.29, 1.82) is 0 Å². The number of hydrogen-bond acceptors (Lipinski definition) is 1. The van der Waals surface area contributed by atoms with E-state index in [9.17, 15) is 4.79 Å². The van der Waals surface area contributed by atoms with Gasteiger partial charge >= 0.3 is 0 Å². The second-order valence-electron chi connectivity index (χ2n) is 1.54. The van der Waals surface area contributed by atoms with Gasteiger partial charge in [-0.05, 0) is 6.26 Å². The van der Waals surface area contributed by atoms with Gasteiger partial charge in [0.15, 0.2) is 0 Å². The topological polar surface area (TPSA) is 29.4 Å². The fourth-order valence-electron chi connectivity index (χ4n) is 0.500. The Kier molecular flexibility index (Phi) is 1.23. The van der Waals surface area contributed by atoms with E-state index >= 15 is 0 Å². The van der Waals surface area contributed by atoms with E-state index in [0.29, 0.717) is 6.42 Å². The van der Waals surface area contributed by atoms with E-state index in [1.165, 1.54) is 0 Å². The molecule has 0 aromatic carbocycles. The summed E-state index contributed by atoms with van der Waals surface area (Å²) in [5.74, 6) is 1.07. The Labute approximate surface area is 45.0 Å². The second kappa shape index (κ2) is 1.74. The fraction of sp³-hybridized carbons (Fsp3) is 0.750. The number of amides is 1. The van der Waals surface area contributed by atoms with Crippen LogP contribution < -0.4 is 0 Å². The van der Waals surface area contributed by atoms with Gasteiger partial charge in [0.1, 0.15) is 0 Å². The lowest BCUT2D eigenvalue weighted by atomic mass is 10.5. The lowest BCUT2D eigenvalue weighted by molar-refractivity contribution is -0.116. The highest BCUT2D eigenvalue weighted by molar-refractivity contribution is 7.87. The van der Waals surface area contributed by atoms with Crippen molar-refractivity contribution in [2.75, 3.05) is 12.0 Å². The van der Waals surface area contributed by atoms with Crippen LogP contribution in [-0.2, 0) is 15.5 Å². The highest BCUT2D eigenvalue weighted by atomic mass is 32.2. The first-order valence-corrected chi connectivity index (χ1v) is 3.92. The molecule has 0 saturated heterocycles. The molecule has 0 saturated carbocycles. The van der Waals surface area contributed by atoms with E-state index in [1.807, 2.05) is 6.26 Å². The van der Waals surface area contributed by atoms with Gasteiger partial charge in [-0.2, -0.15) is 4.36 Å². The molecule has 1 aliphatic rings. The maximum absolute atomic E-state index is 10.3. The average Bonchev–Trinajstić information content (AvgIpc) is 1.87. The van der Waals surface area contributed by atoms with Gasteiger partial charge in [-0.1, -0.05) is 10.7 Å². The monoisotopic (exact) mass is 117 g/mol. The van der Waals surface area contributed by atoms with Crippen LogP contribution in [0.4, 0.5) is 0 Å². The highest BCUT2D eigenvalue weighted by Crippen LogP contribution is 2.00. The Bertz CT molecular complexity index is 130. The molecule has 0 radical (unpaired) electrons. The van der Waals surface area contributed by atoms with Gasteiger partial charge in [-0.15, -0.1) is 0 Å². The minimum absolute atomic E-state index is 0.0725. The van der Waals surface area contributed by atoms with Crippen molar-refractivity contribution in [1.82, 2.24) is 0 Å². The van der Waals surface area contributed by atoms with Crippen molar-refractivity contribution in [2.45, 2.75) is 6.42 Å². The van der Waals surface area contributed by atoms with Gasteiger partial charge in [0.05, 0.1) is 0 Å². The molecular weight excluding hydrogens is 110 g/mol. The normalized spacial score (nSPS) is 30.4. The standard InChI is InChI=1S/C4H7NOS/c1-7-3-2-4(6)5-7/h2-3H2,1H3. The Morgan fingerprint density at radius 2 is 2.57 bits per heavy atom. The van der Waals surface area contributed by atoms with Crippen LogP contribution in [0.15, 0.2) is 4.36 Å². The van der Waals surface area contributed by atoms with Crippen LogP contribution in [0.2, 0.25) is 0 Å². The molecular formula is C4H7NOS. The minimum atomic E-state index is 0.0725. The zero-order valence-corrected chi connectivity index (χ0v) is 4.99. The third-order valence-electron chi connectivity index (χ3n) is 0.869. The summed E-state index contributed by atoms with van der Waals surface area (Å²) in [6.45, 7) is 0. The van der Waals surface area contributed by atoms with Crippen LogP contribution in [0.1, 0.15) is 6.42 Å². The number of carbonyl (C=O) groups is 1. The molecule has 1 unspecified atom stereocenters. The quantitative estimate of drug-likeness (QED) is 0.450. The molecule has 0 aromatic rings. The predicted molar refractivity (Wildman–Crippen MR) is 30.2 cm³/mol.